The zero-order valence-corrected chi connectivity index (χ0v) is 22.5. The molecule has 190 valence electrons. The number of rotatable bonds is 6. The quantitative estimate of drug-likeness (QED) is 0.404. The lowest BCUT2D eigenvalue weighted by atomic mass is 9.90. The van der Waals surface area contributed by atoms with Crippen LogP contribution in [0.4, 0.5) is 5.00 Å². The number of hydrogen-bond donors (Lipinski definition) is 1. The van der Waals surface area contributed by atoms with Crippen molar-refractivity contribution in [3.63, 3.8) is 0 Å². The third kappa shape index (κ3) is 3.87. The molecule has 10 heteroatoms. The lowest BCUT2D eigenvalue weighted by Gasteiger charge is -2.46. The molecule has 1 aliphatic carbocycles. The lowest BCUT2D eigenvalue weighted by molar-refractivity contribution is 0.106. The molecule has 1 saturated heterocycles. The van der Waals surface area contributed by atoms with Gasteiger partial charge in [-0.05, 0) is 38.7 Å². The summed E-state index contributed by atoms with van der Waals surface area (Å²) >= 11 is 1.78. The zero-order chi connectivity index (χ0) is 25.0. The number of piperazine rings is 1. The van der Waals surface area contributed by atoms with Crippen molar-refractivity contribution in [1.29, 1.82) is 0 Å². The molecule has 2 fully saturated rings. The topological polar surface area (TPSA) is 87.5 Å². The number of aryl methyl sites for hydroxylation is 1. The van der Waals surface area contributed by atoms with E-state index in [-0.39, 0.29) is 5.92 Å². The van der Waals surface area contributed by atoms with E-state index in [1.54, 1.807) is 23.0 Å². The average molecular weight is 507 g/mol. The number of fused-ring (bicyclic) bond motifs is 1. The molecule has 9 nitrogen and oxygen atoms in total. The number of ether oxygens (including phenoxy) is 1. The SMILES string of the molecule is COc1cc(-c2n[nH]c(-c3nc(C)c(N4CCN(C5CCC5)CC4C)s3)c2C(C)C)cn2ncnc12. The number of aromatic nitrogens is 6. The van der Waals surface area contributed by atoms with Crippen LogP contribution in [0.1, 0.15) is 57.2 Å². The molecule has 1 unspecified atom stereocenters. The van der Waals surface area contributed by atoms with Crippen molar-refractivity contribution in [3.8, 4) is 27.7 Å². The maximum Gasteiger partial charge on any atom is 0.197 e. The fourth-order valence-electron chi connectivity index (χ4n) is 5.60. The summed E-state index contributed by atoms with van der Waals surface area (Å²) in [6, 6.07) is 3.27. The molecule has 4 aromatic heterocycles. The van der Waals surface area contributed by atoms with E-state index in [9.17, 15) is 0 Å². The highest BCUT2D eigenvalue weighted by Gasteiger charge is 2.33. The second-order valence-corrected chi connectivity index (χ2v) is 11.4. The lowest BCUT2D eigenvalue weighted by Crippen LogP contribution is -2.56. The monoisotopic (exact) mass is 506 g/mol. The highest BCUT2D eigenvalue weighted by molar-refractivity contribution is 7.19. The smallest absolute Gasteiger partial charge is 0.197 e. The second-order valence-electron chi connectivity index (χ2n) is 10.4. The summed E-state index contributed by atoms with van der Waals surface area (Å²) in [5.41, 5.74) is 5.76. The van der Waals surface area contributed by atoms with Gasteiger partial charge in [-0.2, -0.15) is 10.2 Å². The van der Waals surface area contributed by atoms with Gasteiger partial charge < -0.3 is 9.64 Å². The molecule has 0 aromatic carbocycles. The summed E-state index contributed by atoms with van der Waals surface area (Å²) in [5, 5.41) is 14.7. The normalized spacial score (nSPS) is 19.4. The zero-order valence-electron chi connectivity index (χ0n) is 21.7. The van der Waals surface area contributed by atoms with Crippen LogP contribution in [0.15, 0.2) is 18.6 Å². The van der Waals surface area contributed by atoms with E-state index in [1.165, 1.54) is 30.6 Å². The Balaban J connectivity index is 1.34. The first kappa shape index (κ1) is 23.4. The van der Waals surface area contributed by atoms with Crippen molar-refractivity contribution in [2.45, 2.75) is 65.0 Å². The molecule has 1 aliphatic heterocycles. The largest absolute Gasteiger partial charge is 0.493 e. The number of nitrogens with zero attached hydrogens (tertiary/aromatic N) is 7. The number of H-pyrrole nitrogens is 1. The predicted molar refractivity (Wildman–Crippen MR) is 143 cm³/mol. The number of thiazole rings is 1. The Morgan fingerprint density at radius 3 is 2.75 bits per heavy atom. The van der Waals surface area contributed by atoms with Crippen LogP contribution < -0.4 is 9.64 Å². The van der Waals surface area contributed by atoms with E-state index in [2.05, 4.69) is 52.7 Å². The third-order valence-electron chi connectivity index (χ3n) is 7.71. The van der Waals surface area contributed by atoms with Crippen LogP contribution in [-0.2, 0) is 0 Å². The highest BCUT2D eigenvalue weighted by Crippen LogP contribution is 2.42. The maximum atomic E-state index is 5.59. The van der Waals surface area contributed by atoms with Gasteiger partial charge in [-0.15, -0.1) is 0 Å². The van der Waals surface area contributed by atoms with Crippen molar-refractivity contribution in [2.75, 3.05) is 31.6 Å². The van der Waals surface area contributed by atoms with Crippen LogP contribution in [0, 0.1) is 6.92 Å². The molecule has 6 rings (SSSR count). The molecule has 1 atom stereocenters. The van der Waals surface area contributed by atoms with Crippen molar-refractivity contribution in [1.82, 2.24) is 34.7 Å². The number of aromatic amines is 1. The first-order valence-corrected chi connectivity index (χ1v) is 13.7. The highest BCUT2D eigenvalue weighted by atomic mass is 32.1. The molecule has 0 spiro atoms. The summed E-state index contributed by atoms with van der Waals surface area (Å²) in [6.45, 7) is 12.2. The van der Waals surface area contributed by atoms with Gasteiger partial charge in [0.2, 0.25) is 0 Å². The molecule has 0 amide bonds. The molecule has 2 aliphatic rings. The standard InChI is InChI=1S/C26H34N8OS/c1-15(2)21-22(18-11-20(35-5)24-27-14-28-34(24)13-18)30-31-23(21)25-29-17(4)26(36-25)33-10-9-32(12-16(33)3)19-7-6-8-19/h11,13-16,19H,6-10,12H2,1-5H3,(H,30,31). The van der Waals surface area contributed by atoms with E-state index >= 15 is 0 Å². The van der Waals surface area contributed by atoms with Gasteiger partial charge in [-0.3, -0.25) is 10.00 Å². The van der Waals surface area contributed by atoms with Crippen LogP contribution in [0.3, 0.4) is 0 Å². The number of nitrogens with one attached hydrogen (secondary N) is 1. The number of anilines is 1. The number of pyridine rings is 1. The summed E-state index contributed by atoms with van der Waals surface area (Å²) < 4.78 is 7.33. The number of methoxy groups -OCH3 is 1. The minimum absolute atomic E-state index is 0.254. The van der Waals surface area contributed by atoms with Crippen LogP contribution in [-0.4, -0.2) is 73.5 Å². The van der Waals surface area contributed by atoms with Crippen molar-refractivity contribution in [3.05, 3.63) is 29.8 Å². The van der Waals surface area contributed by atoms with Crippen LogP contribution in [0.25, 0.3) is 27.6 Å². The van der Waals surface area contributed by atoms with Crippen molar-refractivity contribution >= 4 is 22.0 Å². The maximum absolute atomic E-state index is 5.59. The van der Waals surface area contributed by atoms with Crippen LogP contribution in [0.5, 0.6) is 5.75 Å². The number of hydrogen-bond acceptors (Lipinski definition) is 8. The molecule has 0 bridgehead atoms. The Hall–Kier alpha value is -2.98. The molecule has 4 aromatic rings. The average Bonchev–Trinajstić information content (AvgIpc) is 3.55. The van der Waals surface area contributed by atoms with Crippen molar-refractivity contribution < 1.29 is 4.74 Å². The molecule has 1 saturated carbocycles. The molecular weight excluding hydrogens is 472 g/mol. The van der Waals surface area contributed by atoms with E-state index in [4.69, 9.17) is 14.8 Å². The fourth-order valence-corrected chi connectivity index (χ4v) is 6.81. The Bertz CT molecular complexity index is 1380. The molecule has 0 radical (unpaired) electrons. The summed E-state index contributed by atoms with van der Waals surface area (Å²) in [4.78, 5) is 14.6. The molecule has 36 heavy (non-hydrogen) atoms. The Morgan fingerprint density at radius 1 is 1.22 bits per heavy atom. The van der Waals surface area contributed by atoms with Gasteiger partial charge in [-0.1, -0.05) is 31.6 Å². The Kier molecular flexibility index (Phi) is 5.95. The minimum Gasteiger partial charge on any atom is -0.493 e. The van der Waals surface area contributed by atoms with Gasteiger partial charge in [-0.25, -0.2) is 14.5 Å². The summed E-state index contributed by atoms with van der Waals surface area (Å²) in [5.74, 6) is 0.926. The van der Waals surface area contributed by atoms with Gasteiger partial charge >= 0.3 is 0 Å². The van der Waals surface area contributed by atoms with Gasteiger partial charge in [0.05, 0.1) is 24.2 Å². The van der Waals surface area contributed by atoms with Gasteiger partial charge in [0, 0.05) is 49.0 Å². The predicted octanol–water partition coefficient (Wildman–Crippen LogP) is 4.75. The van der Waals surface area contributed by atoms with E-state index in [0.717, 1.165) is 58.9 Å². The van der Waals surface area contributed by atoms with E-state index < -0.39 is 0 Å². The van der Waals surface area contributed by atoms with Gasteiger partial charge in [0.1, 0.15) is 16.3 Å². The second kappa shape index (κ2) is 9.15. The first-order valence-electron chi connectivity index (χ1n) is 12.9. The molecular formula is C26H34N8OS. The third-order valence-corrected chi connectivity index (χ3v) is 8.92. The van der Waals surface area contributed by atoms with Crippen LogP contribution in [0.2, 0.25) is 0 Å². The van der Waals surface area contributed by atoms with Gasteiger partial charge in [0.15, 0.2) is 11.4 Å². The Morgan fingerprint density at radius 2 is 2.06 bits per heavy atom. The minimum atomic E-state index is 0.254. The molecule has 5 heterocycles. The van der Waals surface area contributed by atoms with E-state index in [1.807, 2.05) is 12.3 Å². The fraction of sp³-hybridized carbons (Fsp3) is 0.538. The summed E-state index contributed by atoms with van der Waals surface area (Å²) in [7, 11) is 1.65. The van der Waals surface area contributed by atoms with E-state index in [0.29, 0.717) is 17.4 Å². The van der Waals surface area contributed by atoms with Crippen molar-refractivity contribution in [2.24, 2.45) is 0 Å². The van der Waals surface area contributed by atoms with Gasteiger partial charge in [0.25, 0.3) is 0 Å². The van der Waals surface area contributed by atoms with Crippen LogP contribution >= 0.6 is 11.3 Å². The molecule has 1 N–H and O–H groups in total. The summed E-state index contributed by atoms with van der Waals surface area (Å²) in [6.07, 6.45) is 7.62. The first-order chi connectivity index (χ1) is 17.4. The Labute approximate surface area is 215 Å².